The van der Waals surface area contributed by atoms with Gasteiger partial charge in [0.2, 0.25) is 0 Å². The van der Waals surface area contributed by atoms with Crippen molar-refractivity contribution in [2.24, 2.45) is 5.92 Å². The van der Waals surface area contributed by atoms with Crippen molar-refractivity contribution in [2.75, 3.05) is 18.0 Å². The minimum Gasteiger partial charge on any atom is -0.481 e. The molecule has 3 nitrogen and oxygen atoms in total. The first kappa shape index (κ1) is 13.9. The first-order valence-corrected chi connectivity index (χ1v) is 7.10. The number of benzene rings is 1. The topological polar surface area (TPSA) is 40.5 Å². The third kappa shape index (κ3) is 3.72. The summed E-state index contributed by atoms with van der Waals surface area (Å²) >= 11 is 0. The summed E-state index contributed by atoms with van der Waals surface area (Å²) in [6.45, 7) is 6.38. The lowest BCUT2D eigenvalue weighted by Crippen LogP contribution is -2.33. The minimum atomic E-state index is -0.670. The van der Waals surface area contributed by atoms with Crippen LogP contribution in [0.25, 0.3) is 0 Å². The minimum absolute atomic E-state index is 0.314. The molecular weight excluding hydrogens is 238 g/mol. The Balaban J connectivity index is 1.88. The quantitative estimate of drug-likeness (QED) is 0.903. The van der Waals surface area contributed by atoms with Gasteiger partial charge in [-0.25, -0.2) is 0 Å². The number of aliphatic carboxylic acids is 1. The number of aryl methyl sites for hydroxylation is 2. The van der Waals surface area contributed by atoms with Gasteiger partial charge in [0, 0.05) is 25.2 Å². The van der Waals surface area contributed by atoms with E-state index >= 15 is 0 Å². The number of nitrogens with zero attached hydrogens (tertiary/aromatic N) is 1. The van der Waals surface area contributed by atoms with E-state index in [0.717, 1.165) is 32.4 Å². The Morgan fingerprint density at radius 2 is 1.95 bits per heavy atom. The van der Waals surface area contributed by atoms with Crippen LogP contribution in [0.15, 0.2) is 18.2 Å². The second-order valence-corrected chi connectivity index (χ2v) is 5.63. The summed E-state index contributed by atoms with van der Waals surface area (Å²) in [5.74, 6) is -0.0875. The highest BCUT2D eigenvalue weighted by Gasteiger charge is 2.20. The number of rotatable bonds is 4. The molecule has 1 heterocycles. The van der Waals surface area contributed by atoms with Crippen molar-refractivity contribution in [3.63, 3.8) is 0 Å². The average Bonchev–Trinajstić information content (AvgIpc) is 2.40. The van der Waals surface area contributed by atoms with Gasteiger partial charge in [0.05, 0.1) is 0 Å². The van der Waals surface area contributed by atoms with Crippen LogP contribution in [0.4, 0.5) is 5.69 Å². The van der Waals surface area contributed by atoms with Crippen LogP contribution in [-0.4, -0.2) is 24.2 Å². The normalized spacial score (nSPS) is 16.6. The molecule has 19 heavy (non-hydrogen) atoms. The van der Waals surface area contributed by atoms with E-state index in [9.17, 15) is 4.79 Å². The SMILES string of the molecule is Cc1ccc(N2CCC(CCC(=O)O)CC2)cc1C. The van der Waals surface area contributed by atoms with Crippen molar-refractivity contribution >= 4 is 11.7 Å². The van der Waals surface area contributed by atoms with Crippen LogP contribution in [0.1, 0.15) is 36.8 Å². The number of piperidine rings is 1. The zero-order valence-corrected chi connectivity index (χ0v) is 11.9. The number of carbonyl (C=O) groups is 1. The van der Waals surface area contributed by atoms with Gasteiger partial charge in [-0.2, -0.15) is 0 Å². The average molecular weight is 261 g/mol. The molecule has 0 atom stereocenters. The summed E-state index contributed by atoms with van der Waals surface area (Å²) < 4.78 is 0. The summed E-state index contributed by atoms with van der Waals surface area (Å²) in [6, 6.07) is 6.63. The van der Waals surface area contributed by atoms with E-state index in [1.165, 1.54) is 16.8 Å². The van der Waals surface area contributed by atoms with Crippen molar-refractivity contribution in [1.29, 1.82) is 0 Å². The smallest absolute Gasteiger partial charge is 0.303 e. The fourth-order valence-corrected chi connectivity index (χ4v) is 2.73. The van der Waals surface area contributed by atoms with Crippen LogP contribution in [0.5, 0.6) is 0 Å². The molecule has 0 aromatic heterocycles. The Labute approximate surface area is 115 Å². The van der Waals surface area contributed by atoms with Gasteiger partial charge in [-0.05, 0) is 62.3 Å². The van der Waals surface area contributed by atoms with E-state index in [-0.39, 0.29) is 0 Å². The van der Waals surface area contributed by atoms with Crippen LogP contribution >= 0.6 is 0 Å². The number of anilines is 1. The van der Waals surface area contributed by atoms with Gasteiger partial charge in [0.1, 0.15) is 0 Å². The van der Waals surface area contributed by atoms with Crippen molar-refractivity contribution in [3.8, 4) is 0 Å². The zero-order chi connectivity index (χ0) is 13.8. The van der Waals surface area contributed by atoms with E-state index in [1.807, 2.05) is 0 Å². The molecule has 1 N–H and O–H groups in total. The Morgan fingerprint density at radius 1 is 1.26 bits per heavy atom. The highest BCUT2D eigenvalue weighted by molar-refractivity contribution is 5.66. The van der Waals surface area contributed by atoms with Gasteiger partial charge in [-0.3, -0.25) is 4.79 Å². The van der Waals surface area contributed by atoms with Crippen LogP contribution < -0.4 is 4.90 Å². The maximum Gasteiger partial charge on any atom is 0.303 e. The molecule has 1 aromatic rings. The molecule has 0 unspecified atom stereocenters. The summed E-state index contributed by atoms with van der Waals surface area (Å²) in [6.07, 6.45) is 3.37. The molecule has 1 aliphatic heterocycles. The van der Waals surface area contributed by atoms with Crippen molar-refractivity contribution in [2.45, 2.75) is 39.5 Å². The van der Waals surface area contributed by atoms with E-state index in [2.05, 4.69) is 36.9 Å². The number of hydrogen-bond acceptors (Lipinski definition) is 2. The zero-order valence-electron chi connectivity index (χ0n) is 11.9. The second kappa shape index (κ2) is 6.09. The Morgan fingerprint density at radius 3 is 2.53 bits per heavy atom. The van der Waals surface area contributed by atoms with E-state index in [0.29, 0.717) is 12.3 Å². The fourth-order valence-electron chi connectivity index (χ4n) is 2.73. The van der Waals surface area contributed by atoms with Crippen LogP contribution in [0.3, 0.4) is 0 Å². The van der Waals surface area contributed by atoms with Gasteiger partial charge in [0.25, 0.3) is 0 Å². The molecule has 0 radical (unpaired) electrons. The lowest BCUT2D eigenvalue weighted by atomic mass is 9.92. The number of carboxylic acids is 1. The van der Waals surface area contributed by atoms with Crippen LogP contribution in [0.2, 0.25) is 0 Å². The molecule has 0 spiro atoms. The summed E-state index contributed by atoms with van der Waals surface area (Å²) in [5.41, 5.74) is 3.98. The molecule has 0 saturated carbocycles. The molecule has 1 saturated heterocycles. The van der Waals surface area contributed by atoms with Gasteiger partial charge >= 0.3 is 5.97 Å². The predicted octanol–water partition coefficient (Wildman–Crippen LogP) is 3.38. The van der Waals surface area contributed by atoms with Gasteiger partial charge in [-0.15, -0.1) is 0 Å². The first-order valence-electron chi connectivity index (χ1n) is 7.10. The molecule has 0 aliphatic carbocycles. The summed E-state index contributed by atoms with van der Waals surface area (Å²) in [4.78, 5) is 13.0. The van der Waals surface area contributed by atoms with Gasteiger partial charge in [-0.1, -0.05) is 6.07 Å². The molecule has 104 valence electrons. The molecule has 1 aliphatic rings. The van der Waals surface area contributed by atoms with E-state index in [4.69, 9.17) is 5.11 Å². The Hall–Kier alpha value is -1.51. The third-order valence-corrected chi connectivity index (χ3v) is 4.24. The highest BCUT2D eigenvalue weighted by atomic mass is 16.4. The second-order valence-electron chi connectivity index (χ2n) is 5.63. The maximum absolute atomic E-state index is 10.6. The Kier molecular flexibility index (Phi) is 4.46. The number of hydrogen-bond donors (Lipinski definition) is 1. The van der Waals surface area contributed by atoms with Crippen LogP contribution in [-0.2, 0) is 4.79 Å². The van der Waals surface area contributed by atoms with Crippen molar-refractivity contribution in [1.82, 2.24) is 0 Å². The first-order chi connectivity index (χ1) is 9.06. The summed E-state index contributed by atoms with van der Waals surface area (Å²) in [7, 11) is 0. The molecule has 1 aromatic carbocycles. The van der Waals surface area contributed by atoms with E-state index < -0.39 is 5.97 Å². The molecule has 0 amide bonds. The lowest BCUT2D eigenvalue weighted by molar-refractivity contribution is -0.137. The predicted molar refractivity (Wildman–Crippen MR) is 77.7 cm³/mol. The van der Waals surface area contributed by atoms with Crippen LogP contribution in [0, 0.1) is 19.8 Å². The van der Waals surface area contributed by atoms with Gasteiger partial charge < -0.3 is 10.0 Å². The van der Waals surface area contributed by atoms with Crippen molar-refractivity contribution in [3.05, 3.63) is 29.3 Å². The lowest BCUT2D eigenvalue weighted by Gasteiger charge is -2.33. The molecular formula is C16H23NO2. The van der Waals surface area contributed by atoms with Gasteiger partial charge in [0.15, 0.2) is 0 Å². The summed E-state index contributed by atoms with van der Waals surface area (Å²) in [5, 5.41) is 8.72. The Bertz CT molecular complexity index is 448. The largest absolute Gasteiger partial charge is 0.481 e. The fraction of sp³-hybridized carbons (Fsp3) is 0.562. The third-order valence-electron chi connectivity index (χ3n) is 4.24. The molecule has 3 heteroatoms. The maximum atomic E-state index is 10.6. The molecule has 2 rings (SSSR count). The highest BCUT2D eigenvalue weighted by Crippen LogP contribution is 2.27. The standard InChI is InChI=1S/C16H23NO2/c1-12-3-5-15(11-13(12)2)17-9-7-14(8-10-17)4-6-16(18)19/h3,5,11,14H,4,6-10H2,1-2H3,(H,18,19). The molecule has 1 fully saturated rings. The van der Waals surface area contributed by atoms with E-state index in [1.54, 1.807) is 0 Å². The number of carboxylic acid groups (broad SMARTS) is 1. The molecule has 0 bridgehead atoms. The van der Waals surface area contributed by atoms with Crippen molar-refractivity contribution < 1.29 is 9.90 Å². The monoisotopic (exact) mass is 261 g/mol.